The van der Waals surface area contributed by atoms with Crippen molar-refractivity contribution in [2.45, 2.75) is 6.42 Å². The molecule has 12 heavy (non-hydrogen) atoms. The lowest BCUT2D eigenvalue weighted by atomic mass is 10.4. The first-order valence-electron chi connectivity index (χ1n) is 3.90. The van der Waals surface area contributed by atoms with Crippen LogP contribution < -0.4 is 10.6 Å². The molecule has 5 heteroatoms. The number of nitrogens with one attached hydrogen (secondary N) is 2. The first-order valence-corrected chi connectivity index (χ1v) is 3.90. The molecule has 68 valence electrons. The van der Waals surface area contributed by atoms with E-state index in [1.165, 1.54) is 0 Å². The monoisotopic (exact) mass is 171 g/mol. The molecule has 0 aromatic carbocycles. The average molecular weight is 171 g/mol. The fraction of sp³-hybridized carbons (Fsp3) is 0.571. The van der Waals surface area contributed by atoms with E-state index in [9.17, 15) is 4.79 Å². The molecule has 1 aliphatic heterocycles. The highest BCUT2D eigenvalue weighted by Gasteiger charge is 2.02. The van der Waals surface area contributed by atoms with Gasteiger partial charge >= 0.3 is 6.09 Å². The molecule has 0 fully saturated rings. The van der Waals surface area contributed by atoms with Crippen LogP contribution in [0.4, 0.5) is 4.79 Å². The van der Waals surface area contributed by atoms with E-state index < -0.39 is 6.09 Å². The van der Waals surface area contributed by atoms with Gasteiger partial charge in [0.1, 0.15) is 0 Å². The van der Waals surface area contributed by atoms with Crippen LogP contribution in [-0.2, 0) is 0 Å². The summed E-state index contributed by atoms with van der Waals surface area (Å²) in [6, 6.07) is 0. The van der Waals surface area contributed by atoms with Crippen LogP contribution >= 0.6 is 0 Å². The molecule has 0 spiro atoms. The van der Waals surface area contributed by atoms with Crippen molar-refractivity contribution in [1.29, 1.82) is 0 Å². The molecular weight excluding hydrogens is 158 g/mol. The van der Waals surface area contributed by atoms with Crippen molar-refractivity contribution in [2.75, 3.05) is 19.8 Å². The molecule has 0 bridgehead atoms. The summed E-state index contributed by atoms with van der Waals surface area (Å²) in [6.45, 7) is 2.22. The van der Waals surface area contributed by atoms with Crippen molar-refractivity contribution in [1.82, 2.24) is 15.5 Å². The highest BCUT2D eigenvalue weighted by Crippen LogP contribution is 1.94. The third-order valence-corrected chi connectivity index (χ3v) is 1.60. The quantitative estimate of drug-likeness (QED) is 0.520. The molecule has 0 radical (unpaired) electrons. The Morgan fingerprint density at radius 2 is 2.58 bits per heavy atom. The third kappa shape index (κ3) is 3.14. The zero-order chi connectivity index (χ0) is 8.81. The smallest absolute Gasteiger partial charge is 0.404 e. The predicted molar refractivity (Wildman–Crippen MR) is 44.5 cm³/mol. The zero-order valence-corrected chi connectivity index (χ0v) is 6.79. The van der Waals surface area contributed by atoms with Crippen molar-refractivity contribution < 1.29 is 9.90 Å². The van der Waals surface area contributed by atoms with Crippen LogP contribution in [0.5, 0.6) is 0 Å². The van der Waals surface area contributed by atoms with Gasteiger partial charge in [0.05, 0.1) is 6.67 Å². The number of carbonyl (C=O) groups is 1. The van der Waals surface area contributed by atoms with E-state index in [2.05, 4.69) is 15.5 Å². The fourth-order valence-electron chi connectivity index (χ4n) is 1.01. The summed E-state index contributed by atoms with van der Waals surface area (Å²) in [5, 5.41) is 13.6. The number of rotatable bonds is 4. The van der Waals surface area contributed by atoms with Gasteiger partial charge in [-0.3, -0.25) is 0 Å². The molecule has 1 aliphatic rings. The Labute approximate surface area is 71.0 Å². The second-order valence-electron chi connectivity index (χ2n) is 2.58. The van der Waals surface area contributed by atoms with E-state index in [1.54, 1.807) is 0 Å². The number of nitrogens with zero attached hydrogens (tertiary/aromatic N) is 1. The van der Waals surface area contributed by atoms with Crippen molar-refractivity contribution in [3.8, 4) is 0 Å². The van der Waals surface area contributed by atoms with Crippen LogP contribution in [0.2, 0.25) is 0 Å². The molecule has 0 saturated carbocycles. The summed E-state index contributed by atoms with van der Waals surface area (Å²) in [4.78, 5) is 12.1. The number of carboxylic acid groups (broad SMARTS) is 1. The molecule has 0 saturated heterocycles. The lowest BCUT2D eigenvalue weighted by Crippen LogP contribution is -2.27. The summed E-state index contributed by atoms with van der Waals surface area (Å²) < 4.78 is 0. The number of amides is 1. The van der Waals surface area contributed by atoms with Gasteiger partial charge in [-0.1, -0.05) is 0 Å². The van der Waals surface area contributed by atoms with E-state index >= 15 is 0 Å². The molecule has 0 aromatic rings. The van der Waals surface area contributed by atoms with E-state index in [1.807, 2.05) is 12.4 Å². The van der Waals surface area contributed by atoms with Gasteiger partial charge in [-0.2, -0.15) is 0 Å². The van der Waals surface area contributed by atoms with Crippen LogP contribution in [0.25, 0.3) is 0 Å². The van der Waals surface area contributed by atoms with Crippen LogP contribution in [0, 0.1) is 0 Å². The maximum absolute atomic E-state index is 10.0. The van der Waals surface area contributed by atoms with Gasteiger partial charge in [-0.25, -0.2) is 4.79 Å². The van der Waals surface area contributed by atoms with E-state index in [0.717, 1.165) is 19.6 Å². The van der Waals surface area contributed by atoms with Gasteiger partial charge in [0.25, 0.3) is 0 Å². The second-order valence-corrected chi connectivity index (χ2v) is 2.58. The molecule has 0 unspecified atom stereocenters. The third-order valence-electron chi connectivity index (χ3n) is 1.60. The van der Waals surface area contributed by atoms with Gasteiger partial charge in [0, 0.05) is 25.5 Å². The van der Waals surface area contributed by atoms with Crippen molar-refractivity contribution in [2.24, 2.45) is 0 Å². The van der Waals surface area contributed by atoms with Crippen molar-refractivity contribution >= 4 is 6.09 Å². The molecule has 5 nitrogen and oxygen atoms in total. The molecule has 1 heterocycles. The molecule has 1 amide bonds. The van der Waals surface area contributed by atoms with Gasteiger partial charge in [0.15, 0.2) is 0 Å². The van der Waals surface area contributed by atoms with Gasteiger partial charge in [-0.15, -0.1) is 0 Å². The van der Waals surface area contributed by atoms with Crippen molar-refractivity contribution in [3.05, 3.63) is 12.4 Å². The van der Waals surface area contributed by atoms with E-state index in [4.69, 9.17) is 5.11 Å². The van der Waals surface area contributed by atoms with Gasteiger partial charge in [-0.05, 0) is 6.42 Å². The molecule has 3 N–H and O–H groups in total. The average Bonchev–Trinajstić information content (AvgIpc) is 2.49. The Balaban J connectivity index is 1.95. The molecule has 0 aromatic heterocycles. The summed E-state index contributed by atoms with van der Waals surface area (Å²) >= 11 is 0. The minimum atomic E-state index is -0.954. The molecular formula is C7H13N3O2. The van der Waals surface area contributed by atoms with Crippen LogP contribution in [0.15, 0.2) is 12.4 Å². The van der Waals surface area contributed by atoms with Gasteiger partial charge < -0.3 is 20.6 Å². The number of hydrogen-bond acceptors (Lipinski definition) is 3. The largest absolute Gasteiger partial charge is 0.465 e. The first kappa shape index (κ1) is 8.70. The Morgan fingerprint density at radius 1 is 1.75 bits per heavy atom. The summed E-state index contributed by atoms with van der Waals surface area (Å²) in [7, 11) is 0. The number of hydrogen-bond donors (Lipinski definition) is 3. The normalized spacial score (nSPS) is 14.5. The van der Waals surface area contributed by atoms with E-state index in [-0.39, 0.29) is 0 Å². The summed E-state index contributed by atoms with van der Waals surface area (Å²) in [6.07, 6.45) is 3.72. The first-order chi connectivity index (χ1) is 5.79. The molecule has 1 rings (SSSR count). The van der Waals surface area contributed by atoms with Crippen molar-refractivity contribution in [3.63, 3.8) is 0 Å². The Morgan fingerprint density at radius 3 is 3.17 bits per heavy atom. The fourth-order valence-corrected chi connectivity index (χ4v) is 1.01. The minimum absolute atomic E-state index is 0.514. The highest BCUT2D eigenvalue weighted by atomic mass is 16.4. The Bertz CT molecular complexity index is 181. The maximum Gasteiger partial charge on any atom is 0.404 e. The predicted octanol–water partition coefficient (Wildman–Crippen LogP) is -0.0220. The standard InChI is InChI=1S/C7H13N3O2/c11-7(12)9-2-1-4-10-5-3-8-6-10/h3,5,8-9H,1-2,4,6H2,(H,11,12). The van der Waals surface area contributed by atoms with Gasteiger partial charge in [0.2, 0.25) is 0 Å². The lowest BCUT2D eigenvalue weighted by Gasteiger charge is -2.13. The SMILES string of the molecule is O=C(O)NCCCN1C=CNC1. The van der Waals surface area contributed by atoms with E-state index in [0.29, 0.717) is 6.54 Å². The lowest BCUT2D eigenvalue weighted by molar-refractivity contribution is 0.194. The minimum Gasteiger partial charge on any atom is -0.465 e. The summed E-state index contributed by atoms with van der Waals surface area (Å²) in [5.74, 6) is 0. The topological polar surface area (TPSA) is 64.6 Å². The summed E-state index contributed by atoms with van der Waals surface area (Å²) in [5.41, 5.74) is 0. The zero-order valence-electron chi connectivity index (χ0n) is 6.79. The van der Waals surface area contributed by atoms with Crippen LogP contribution in [0.1, 0.15) is 6.42 Å². The molecule has 0 atom stereocenters. The van der Waals surface area contributed by atoms with Crippen LogP contribution in [0.3, 0.4) is 0 Å². The Kier molecular flexibility index (Phi) is 3.25. The Hall–Kier alpha value is -1.39. The second kappa shape index (κ2) is 4.48. The van der Waals surface area contributed by atoms with Crippen LogP contribution in [-0.4, -0.2) is 35.9 Å². The highest BCUT2D eigenvalue weighted by molar-refractivity contribution is 5.64. The maximum atomic E-state index is 10.0. The molecule has 0 aliphatic carbocycles.